The molecule has 0 unspecified atom stereocenters. The van der Waals surface area contributed by atoms with Crippen LogP contribution in [0.1, 0.15) is 46.0 Å². The molecule has 4 aromatic rings. The fraction of sp³-hybridized carbons (Fsp3) is 0.167. The number of rotatable bonds is 11. The Hall–Kier alpha value is -4.00. The maximum Gasteiger partial charge on any atom is 0.207 e. The summed E-state index contributed by atoms with van der Waals surface area (Å²) in [6.45, 7) is 9.07. The lowest BCUT2D eigenvalue weighted by molar-refractivity contribution is 0.916. The van der Waals surface area contributed by atoms with Crippen molar-refractivity contribution in [3.05, 3.63) is 168 Å². The molecule has 0 heterocycles. The SMILES string of the molecule is C=C(CC/C1=C/C=C(/CCC)C(=[P+](c2ccccc2)c2ccccc2)C#CC1)/C(=C\C)P(c1ccccc1)c1ccccc1. The van der Waals surface area contributed by atoms with E-state index < -0.39 is 15.5 Å². The molecule has 218 valence electrons. The third kappa shape index (κ3) is 7.93. The predicted octanol–water partition coefficient (Wildman–Crippen LogP) is 9.72. The summed E-state index contributed by atoms with van der Waals surface area (Å²) < 4.78 is 0. The average Bonchev–Trinajstić information content (AvgIpc) is 3.07. The van der Waals surface area contributed by atoms with Crippen molar-refractivity contribution in [2.24, 2.45) is 0 Å². The third-order valence-electron chi connectivity index (χ3n) is 7.77. The highest BCUT2D eigenvalue weighted by atomic mass is 31.1. The van der Waals surface area contributed by atoms with E-state index in [9.17, 15) is 0 Å². The predicted molar refractivity (Wildman–Crippen MR) is 199 cm³/mol. The zero-order valence-corrected chi connectivity index (χ0v) is 27.7. The summed E-state index contributed by atoms with van der Waals surface area (Å²) in [5.41, 5.74) is 3.99. The molecule has 0 spiro atoms. The Morgan fingerprint density at radius 1 is 0.750 bits per heavy atom. The van der Waals surface area contributed by atoms with Gasteiger partial charge in [-0.25, -0.2) is 0 Å². The van der Waals surface area contributed by atoms with Crippen molar-refractivity contribution in [2.45, 2.75) is 46.0 Å². The molecule has 0 saturated carbocycles. The molecule has 2 heteroatoms. The summed E-state index contributed by atoms with van der Waals surface area (Å²) in [5.74, 6) is 7.34. The van der Waals surface area contributed by atoms with E-state index in [2.05, 4.69) is 172 Å². The fourth-order valence-corrected chi connectivity index (χ4v) is 10.5. The molecule has 0 bridgehead atoms. The van der Waals surface area contributed by atoms with Crippen LogP contribution in [0, 0.1) is 11.8 Å². The number of benzene rings is 4. The quantitative estimate of drug-likeness (QED) is 0.0905. The first-order chi connectivity index (χ1) is 21.7. The van der Waals surface area contributed by atoms with E-state index in [0.29, 0.717) is 0 Å². The lowest BCUT2D eigenvalue weighted by Gasteiger charge is -2.24. The molecule has 0 atom stereocenters. The van der Waals surface area contributed by atoms with Crippen LogP contribution in [0.15, 0.2) is 168 Å². The Morgan fingerprint density at radius 2 is 1.27 bits per heavy atom. The number of hydrogen-bond acceptors (Lipinski definition) is 0. The summed E-state index contributed by atoms with van der Waals surface area (Å²) in [4.78, 5) is 0. The number of allylic oxidation sites excluding steroid dienone is 7. The molecule has 1 aliphatic carbocycles. The van der Waals surface area contributed by atoms with Gasteiger partial charge in [-0.3, -0.25) is 0 Å². The molecule has 44 heavy (non-hydrogen) atoms. The molecule has 0 amide bonds. The van der Waals surface area contributed by atoms with Gasteiger partial charge in [0.2, 0.25) is 5.29 Å². The van der Waals surface area contributed by atoms with Gasteiger partial charge in [-0.1, -0.05) is 147 Å². The molecule has 0 N–H and O–H groups in total. The van der Waals surface area contributed by atoms with Crippen LogP contribution in [0.3, 0.4) is 0 Å². The van der Waals surface area contributed by atoms with Crippen LogP contribution < -0.4 is 21.2 Å². The minimum atomic E-state index is -0.718. The van der Waals surface area contributed by atoms with Crippen LogP contribution in [0.5, 0.6) is 0 Å². The average molecular weight is 608 g/mol. The van der Waals surface area contributed by atoms with Crippen molar-refractivity contribution in [3.63, 3.8) is 0 Å². The monoisotopic (exact) mass is 607 g/mol. The summed E-state index contributed by atoms with van der Waals surface area (Å²) in [6.07, 6.45) is 11.8. The normalized spacial score (nSPS) is 15.6. The van der Waals surface area contributed by atoms with Gasteiger partial charge in [-0.2, -0.15) is 0 Å². The van der Waals surface area contributed by atoms with E-state index in [0.717, 1.165) is 32.1 Å². The third-order valence-corrected chi connectivity index (χ3v) is 12.9. The highest BCUT2D eigenvalue weighted by Crippen LogP contribution is 2.47. The van der Waals surface area contributed by atoms with Gasteiger partial charge in [0.05, 0.1) is 0 Å². The second kappa shape index (κ2) is 16.2. The van der Waals surface area contributed by atoms with Crippen molar-refractivity contribution in [3.8, 4) is 11.8 Å². The summed E-state index contributed by atoms with van der Waals surface area (Å²) >= 11 is 0. The van der Waals surface area contributed by atoms with E-state index in [4.69, 9.17) is 0 Å². The molecule has 0 aliphatic heterocycles. The van der Waals surface area contributed by atoms with E-state index in [-0.39, 0.29) is 0 Å². The second-order valence-corrected chi connectivity index (χ2v) is 15.2. The van der Waals surface area contributed by atoms with E-state index in [1.807, 2.05) is 0 Å². The smallest absolute Gasteiger partial charge is 0.0952 e. The molecule has 0 radical (unpaired) electrons. The molecule has 4 aromatic carbocycles. The summed E-state index contributed by atoms with van der Waals surface area (Å²) in [6, 6.07) is 43.7. The van der Waals surface area contributed by atoms with E-state index in [1.54, 1.807) is 0 Å². The van der Waals surface area contributed by atoms with Crippen molar-refractivity contribution < 1.29 is 0 Å². The maximum absolute atomic E-state index is 4.64. The molecule has 0 aromatic heterocycles. The molecule has 1 aliphatic rings. The van der Waals surface area contributed by atoms with Gasteiger partial charge in [0.1, 0.15) is 0 Å². The van der Waals surface area contributed by atoms with Crippen LogP contribution >= 0.6 is 15.5 Å². The lowest BCUT2D eigenvalue weighted by atomic mass is 9.98. The van der Waals surface area contributed by atoms with Gasteiger partial charge in [0, 0.05) is 12.0 Å². The first kappa shape index (κ1) is 31.4. The zero-order valence-electron chi connectivity index (χ0n) is 25.9. The van der Waals surface area contributed by atoms with Crippen LogP contribution in [0.25, 0.3) is 0 Å². The molecular formula is C42H41P2+. The Labute approximate surface area is 267 Å². The fourth-order valence-electron chi connectivity index (χ4n) is 5.59. The molecule has 0 fully saturated rings. The highest BCUT2D eigenvalue weighted by molar-refractivity contribution is 7.77. The van der Waals surface area contributed by atoms with E-state index >= 15 is 0 Å². The van der Waals surface area contributed by atoms with Crippen molar-refractivity contribution >= 4 is 42.0 Å². The Morgan fingerprint density at radius 3 is 1.77 bits per heavy atom. The van der Waals surface area contributed by atoms with E-state index in [1.165, 1.54) is 48.5 Å². The summed E-state index contributed by atoms with van der Waals surface area (Å²) in [5, 5.41) is 8.10. The van der Waals surface area contributed by atoms with Crippen LogP contribution in [0.2, 0.25) is 0 Å². The standard InChI is InChI=1S/C42H41P2/c1-4-19-36-33-32-35(20-18-29-42(36)44(39-25-14-8-15-26-39)40-27-16-9-17-28-40)31-30-34(3)41(5-2)43(37-21-10-6-11-22-37)38-23-12-7-13-24-38/h5-17,21-28,32-33H,3-4,19-20,30-31H2,1-2H3/q+1/b35-32+,36-33-,41-5+. The van der Waals surface area contributed by atoms with Crippen molar-refractivity contribution in [1.29, 1.82) is 0 Å². The highest BCUT2D eigenvalue weighted by Gasteiger charge is 2.27. The Kier molecular flexibility index (Phi) is 11.6. The zero-order chi connectivity index (χ0) is 30.6. The first-order valence-electron chi connectivity index (χ1n) is 15.6. The minimum absolute atomic E-state index is 0.661. The van der Waals surface area contributed by atoms with Gasteiger partial charge >= 0.3 is 0 Å². The van der Waals surface area contributed by atoms with Gasteiger partial charge in [-0.15, -0.1) is 0 Å². The Balaban J connectivity index is 1.43. The minimum Gasteiger partial charge on any atom is -0.0952 e. The topological polar surface area (TPSA) is 0 Å². The first-order valence-corrected chi connectivity index (χ1v) is 18.3. The lowest BCUT2D eigenvalue weighted by Crippen LogP contribution is -2.14. The molecular weight excluding hydrogens is 566 g/mol. The van der Waals surface area contributed by atoms with Gasteiger partial charge in [-0.05, 0) is 85.8 Å². The van der Waals surface area contributed by atoms with Gasteiger partial charge in [0.25, 0.3) is 0 Å². The van der Waals surface area contributed by atoms with Crippen LogP contribution in [0.4, 0.5) is 0 Å². The van der Waals surface area contributed by atoms with Crippen LogP contribution in [-0.4, -0.2) is 5.29 Å². The van der Waals surface area contributed by atoms with Gasteiger partial charge < -0.3 is 0 Å². The Bertz CT molecular complexity index is 1650. The second-order valence-electron chi connectivity index (χ2n) is 10.9. The summed E-state index contributed by atoms with van der Waals surface area (Å²) in [7, 11) is -1.38. The van der Waals surface area contributed by atoms with Crippen molar-refractivity contribution in [1.82, 2.24) is 0 Å². The van der Waals surface area contributed by atoms with Crippen LogP contribution in [-0.2, 0) is 0 Å². The molecule has 5 rings (SSSR count). The number of hydrogen-bond donors (Lipinski definition) is 0. The van der Waals surface area contributed by atoms with Crippen molar-refractivity contribution in [2.75, 3.05) is 0 Å². The molecule has 0 nitrogen and oxygen atoms in total. The molecule has 0 saturated heterocycles. The maximum atomic E-state index is 4.64. The largest absolute Gasteiger partial charge is 0.207 e. The van der Waals surface area contributed by atoms with Gasteiger partial charge in [0.15, 0.2) is 18.2 Å².